The highest BCUT2D eigenvalue weighted by Gasteiger charge is 2.22. The fraction of sp³-hybridized carbons (Fsp3) is 0.238. The van der Waals surface area contributed by atoms with Gasteiger partial charge in [-0.3, -0.25) is 14.2 Å². The van der Waals surface area contributed by atoms with Crippen molar-refractivity contribution in [2.45, 2.75) is 32.9 Å². The molecule has 0 saturated heterocycles. The fourth-order valence-electron chi connectivity index (χ4n) is 2.79. The van der Waals surface area contributed by atoms with Crippen LogP contribution in [0, 0.1) is 5.82 Å². The van der Waals surface area contributed by atoms with Crippen LogP contribution in [0.1, 0.15) is 36.3 Å². The molecule has 1 amide bonds. The van der Waals surface area contributed by atoms with Crippen molar-refractivity contribution >= 4 is 17.5 Å². The molecule has 0 aliphatic rings. The Balaban J connectivity index is 2.22. The minimum atomic E-state index is -0.870. The van der Waals surface area contributed by atoms with E-state index in [-0.39, 0.29) is 18.3 Å². The van der Waals surface area contributed by atoms with E-state index in [1.165, 1.54) is 18.2 Å². The van der Waals surface area contributed by atoms with Crippen LogP contribution in [0.3, 0.4) is 0 Å². The zero-order valence-electron chi connectivity index (χ0n) is 16.4. The summed E-state index contributed by atoms with van der Waals surface area (Å²) in [5.41, 5.74) is -1.83. The molecule has 1 N–H and O–H groups in total. The van der Waals surface area contributed by atoms with Crippen LogP contribution >= 0.6 is 11.6 Å². The molecule has 7 nitrogen and oxygen atoms in total. The summed E-state index contributed by atoms with van der Waals surface area (Å²) in [4.78, 5) is 38.6. The monoisotopic (exact) mass is 430 g/mol. The minimum absolute atomic E-state index is 0.154. The van der Waals surface area contributed by atoms with E-state index < -0.39 is 28.7 Å². The molecule has 0 saturated carbocycles. The highest BCUT2D eigenvalue weighted by atomic mass is 35.5. The maximum absolute atomic E-state index is 14.4. The van der Waals surface area contributed by atoms with Crippen molar-refractivity contribution in [2.24, 2.45) is 0 Å². The second-order valence-electron chi connectivity index (χ2n) is 6.80. The van der Waals surface area contributed by atoms with Gasteiger partial charge in [-0.2, -0.15) is 9.78 Å². The summed E-state index contributed by atoms with van der Waals surface area (Å²) in [7, 11) is 0. The van der Waals surface area contributed by atoms with Gasteiger partial charge in [-0.1, -0.05) is 42.8 Å². The van der Waals surface area contributed by atoms with E-state index in [2.05, 4.69) is 10.4 Å². The van der Waals surface area contributed by atoms with Gasteiger partial charge in [0, 0.05) is 11.1 Å². The van der Waals surface area contributed by atoms with Gasteiger partial charge in [0.1, 0.15) is 11.5 Å². The normalized spacial score (nSPS) is 11.9. The van der Waals surface area contributed by atoms with E-state index >= 15 is 0 Å². The number of hydrogen-bond donors (Lipinski definition) is 1. The standard InChI is InChI=1S/C21H20ClFN4O3/c1-3-13(2)24-19(28)18-20(29)26(12-14-7-6-8-15(22)11-14)21(30)27(25-18)17-10-5-4-9-16(17)23/h4-11,13H,3,12H2,1-2H3,(H,24,28)/t13-/m0/s1. The third kappa shape index (κ3) is 4.49. The van der Waals surface area contributed by atoms with Crippen LogP contribution in [0.4, 0.5) is 4.39 Å². The molecule has 0 bridgehead atoms. The van der Waals surface area contributed by atoms with Crippen molar-refractivity contribution in [2.75, 3.05) is 0 Å². The predicted molar refractivity (Wildman–Crippen MR) is 112 cm³/mol. The van der Waals surface area contributed by atoms with Gasteiger partial charge in [-0.25, -0.2) is 9.18 Å². The summed E-state index contributed by atoms with van der Waals surface area (Å²) in [6.45, 7) is 3.49. The van der Waals surface area contributed by atoms with Crippen LogP contribution in [0.2, 0.25) is 5.02 Å². The third-order valence-corrected chi connectivity index (χ3v) is 4.81. The lowest BCUT2D eigenvalue weighted by molar-refractivity contribution is 0.0929. The first kappa shape index (κ1) is 21.4. The molecule has 1 aromatic heterocycles. The lowest BCUT2D eigenvalue weighted by Gasteiger charge is -2.14. The Bertz CT molecular complexity index is 1210. The van der Waals surface area contributed by atoms with Gasteiger partial charge < -0.3 is 5.32 Å². The molecule has 3 rings (SSSR count). The van der Waals surface area contributed by atoms with Crippen molar-refractivity contribution in [3.05, 3.63) is 91.5 Å². The number of carbonyl (C=O) groups is 1. The van der Waals surface area contributed by atoms with Gasteiger partial charge in [0.15, 0.2) is 0 Å². The van der Waals surface area contributed by atoms with E-state index in [4.69, 9.17) is 11.6 Å². The number of halogens is 2. The van der Waals surface area contributed by atoms with Gasteiger partial charge in [-0.05, 0) is 43.2 Å². The summed E-state index contributed by atoms with van der Waals surface area (Å²) in [5, 5.41) is 6.99. The van der Waals surface area contributed by atoms with Gasteiger partial charge in [-0.15, -0.1) is 0 Å². The maximum atomic E-state index is 14.4. The number of benzene rings is 2. The van der Waals surface area contributed by atoms with Gasteiger partial charge in [0.2, 0.25) is 5.69 Å². The first-order chi connectivity index (χ1) is 14.3. The zero-order valence-corrected chi connectivity index (χ0v) is 17.2. The van der Waals surface area contributed by atoms with Gasteiger partial charge in [0.25, 0.3) is 11.5 Å². The fourth-order valence-corrected chi connectivity index (χ4v) is 3.00. The summed E-state index contributed by atoms with van der Waals surface area (Å²) < 4.78 is 15.9. The topological polar surface area (TPSA) is 86.0 Å². The van der Waals surface area contributed by atoms with Crippen molar-refractivity contribution in [1.29, 1.82) is 0 Å². The first-order valence-corrected chi connectivity index (χ1v) is 9.74. The first-order valence-electron chi connectivity index (χ1n) is 9.36. The predicted octanol–water partition coefficient (Wildman–Crippen LogP) is 2.76. The minimum Gasteiger partial charge on any atom is -0.348 e. The molecule has 3 aromatic rings. The van der Waals surface area contributed by atoms with Crippen molar-refractivity contribution in [3.63, 3.8) is 0 Å². The van der Waals surface area contributed by atoms with Crippen LogP contribution in [0.5, 0.6) is 0 Å². The molecule has 1 atom stereocenters. The van der Waals surface area contributed by atoms with Crippen LogP contribution in [-0.2, 0) is 6.54 Å². The average molecular weight is 431 g/mol. The molecule has 0 unspecified atom stereocenters. The zero-order chi connectivity index (χ0) is 21.8. The Morgan fingerprint density at radius 2 is 1.93 bits per heavy atom. The van der Waals surface area contributed by atoms with Crippen LogP contribution in [0.25, 0.3) is 5.69 Å². The number of rotatable bonds is 6. The molecule has 9 heteroatoms. The van der Waals surface area contributed by atoms with E-state index in [1.807, 2.05) is 6.92 Å². The SMILES string of the molecule is CC[C@H](C)NC(=O)c1nn(-c2ccccc2F)c(=O)n(Cc2cccc(Cl)c2)c1=O. The molecule has 2 aromatic carbocycles. The van der Waals surface area contributed by atoms with Crippen LogP contribution in [0.15, 0.2) is 58.1 Å². The summed E-state index contributed by atoms with van der Waals surface area (Å²) >= 11 is 6.00. The molecule has 30 heavy (non-hydrogen) atoms. The maximum Gasteiger partial charge on any atom is 0.352 e. The molecular weight excluding hydrogens is 411 g/mol. The number of hydrogen-bond acceptors (Lipinski definition) is 4. The van der Waals surface area contributed by atoms with Crippen molar-refractivity contribution in [1.82, 2.24) is 19.7 Å². The summed E-state index contributed by atoms with van der Waals surface area (Å²) in [6, 6.07) is 11.9. The van der Waals surface area contributed by atoms with E-state index in [1.54, 1.807) is 31.2 Å². The number of nitrogens with zero attached hydrogens (tertiary/aromatic N) is 3. The molecule has 0 spiro atoms. The molecule has 0 aliphatic carbocycles. The number of nitrogens with one attached hydrogen (secondary N) is 1. The number of para-hydroxylation sites is 1. The van der Waals surface area contributed by atoms with Crippen molar-refractivity contribution < 1.29 is 9.18 Å². The average Bonchev–Trinajstić information content (AvgIpc) is 2.72. The quantitative estimate of drug-likeness (QED) is 0.651. The molecule has 0 aliphatic heterocycles. The lowest BCUT2D eigenvalue weighted by atomic mass is 10.2. The third-order valence-electron chi connectivity index (χ3n) is 4.58. The van der Waals surface area contributed by atoms with E-state index in [0.717, 1.165) is 15.3 Å². The molecule has 0 radical (unpaired) electrons. The second-order valence-corrected chi connectivity index (χ2v) is 7.23. The lowest BCUT2D eigenvalue weighted by Crippen LogP contribution is -2.47. The number of carbonyl (C=O) groups excluding carboxylic acids is 1. The highest BCUT2D eigenvalue weighted by molar-refractivity contribution is 6.30. The molecular formula is C21H20ClFN4O3. The molecule has 156 valence electrons. The smallest absolute Gasteiger partial charge is 0.348 e. The highest BCUT2D eigenvalue weighted by Crippen LogP contribution is 2.12. The Morgan fingerprint density at radius 1 is 1.20 bits per heavy atom. The molecule has 0 fully saturated rings. The van der Waals surface area contributed by atoms with Crippen LogP contribution < -0.4 is 16.6 Å². The van der Waals surface area contributed by atoms with E-state index in [9.17, 15) is 18.8 Å². The van der Waals surface area contributed by atoms with Crippen molar-refractivity contribution in [3.8, 4) is 5.69 Å². The summed E-state index contributed by atoms with van der Waals surface area (Å²) in [5.74, 6) is -1.45. The number of aromatic nitrogens is 3. The van der Waals surface area contributed by atoms with Gasteiger partial charge in [0.05, 0.1) is 6.54 Å². The Morgan fingerprint density at radius 3 is 2.60 bits per heavy atom. The molecule has 1 heterocycles. The second kappa shape index (κ2) is 9.04. The van der Waals surface area contributed by atoms with Gasteiger partial charge >= 0.3 is 5.69 Å². The largest absolute Gasteiger partial charge is 0.352 e. The number of amides is 1. The Kier molecular flexibility index (Phi) is 6.47. The van der Waals surface area contributed by atoms with Crippen LogP contribution in [-0.4, -0.2) is 26.3 Å². The Labute approximate surface area is 176 Å². The Hall–Kier alpha value is -3.26. The van der Waals surface area contributed by atoms with E-state index in [0.29, 0.717) is 17.0 Å². The summed E-state index contributed by atoms with van der Waals surface area (Å²) in [6.07, 6.45) is 0.634.